The molecule has 1 aliphatic heterocycles. The molecule has 0 spiro atoms. The van der Waals surface area contributed by atoms with Gasteiger partial charge in [-0.1, -0.05) is 12.1 Å². The van der Waals surface area contributed by atoms with Gasteiger partial charge < -0.3 is 11.1 Å². The van der Waals surface area contributed by atoms with Crippen molar-refractivity contribution >= 4 is 5.69 Å². The third-order valence-corrected chi connectivity index (χ3v) is 2.33. The van der Waals surface area contributed by atoms with Crippen LogP contribution in [-0.4, -0.2) is 6.04 Å². The van der Waals surface area contributed by atoms with Gasteiger partial charge >= 0.3 is 0 Å². The minimum absolute atomic E-state index is 0.577. The second-order valence-electron chi connectivity index (χ2n) is 3.45. The highest BCUT2D eigenvalue weighted by Crippen LogP contribution is 2.26. The fourth-order valence-electron chi connectivity index (χ4n) is 1.73. The van der Waals surface area contributed by atoms with Crippen LogP contribution in [0.2, 0.25) is 0 Å². The Bertz CT molecular complexity index is 294. The summed E-state index contributed by atoms with van der Waals surface area (Å²) in [6, 6.07) is 6.99. The summed E-state index contributed by atoms with van der Waals surface area (Å²) in [4.78, 5) is 0. The first kappa shape index (κ1) is 7.62. The molecule has 0 aromatic heterocycles. The normalized spacial score (nSPS) is 20.3. The Hall–Kier alpha value is -1.02. The highest BCUT2D eigenvalue weighted by molar-refractivity contribution is 5.57. The third-order valence-electron chi connectivity index (χ3n) is 2.33. The van der Waals surface area contributed by atoms with Crippen LogP contribution in [0.3, 0.4) is 0 Å². The zero-order chi connectivity index (χ0) is 8.55. The average molecular weight is 162 g/mol. The number of anilines is 1. The molecule has 2 nitrogen and oxygen atoms in total. The van der Waals surface area contributed by atoms with Crippen LogP contribution in [0.4, 0.5) is 5.69 Å². The van der Waals surface area contributed by atoms with Crippen LogP contribution in [0.15, 0.2) is 18.2 Å². The molecule has 1 heterocycles. The van der Waals surface area contributed by atoms with E-state index in [0.717, 1.165) is 6.42 Å². The summed E-state index contributed by atoms with van der Waals surface area (Å²) in [6.07, 6.45) is 1.13. The topological polar surface area (TPSA) is 38.0 Å². The summed E-state index contributed by atoms with van der Waals surface area (Å²) in [5.41, 5.74) is 9.47. The smallest absolute Gasteiger partial charge is 0.0375 e. The van der Waals surface area contributed by atoms with E-state index < -0.39 is 0 Å². The van der Waals surface area contributed by atoms with Crippen LogP contribution >= 0.6 is 0 Å². The molecule has 2 heteroatoms. The van der Waals surface area contributed by atoms with Gasteiger partial charge in [0.25, 0.3) is 0 Å². The number of rotatable bonds is 1. The summed E-state index contributed by atoms with van der Waals surface area (Å²) in [5.74, 6) is 0. The van der Waals surface area contributed by atoms with Crippen molar-refractivity contribution in [1.29, 1.82) is 0 Å². The van der Waals surface area contributed by atoms with Crippen molar-refractivity contribution in [2.75, 3.05) is 5.32 Å². The Morgan fingerprint density at radius 3 is 3.17 bits per heavy atom. The lowest BCUT2D eigenvalue weighted by molar-refractivity contribution is 0.838. The molecule has 0 bridgehead atoms. The number of fused-ring (bicyclic) bond motifs is 1. The van der Waals surface area contributed by atoms with Crippen LogP contribution < -0.4 is 11.1 Å². The number of nitrogens with one attached hydrogen (secondary N) is 1. The number of hydrogen-bond acceptors (Lipinski definition) is 2. The van der Waals surface area contributed by atoms with E-state index in [0.29, 0.717) is 12.6 Å². The SMILES string of the molecule is CC1Cc2cc(CN)ccc2N1. The van der Waals surface area contributed by atoms with E-state index in [9.17, 15) is 0 Å². The molecule has 1 aliphatic rings. The van der Waals surface area contributed by atoms with Gasteiger partial charge in [0, 0.05) is 18.3 Å². The van der Waals surface area contributed by atoms with Crippen LogP contribution in [0.1, 0.15) is 18.1 Å². The van der Waals surface area contributed by atoms with Crippen LogP contribution in [0, 0.1) is 0 Å². The minimum Gasteiger partial charge on any atom is -0.382 e. The lowest BCUT2D eigenvalue weighted by Gasteiger charge is -2.02. The molecule has 1 atom stereocenters. The second-order valence-corrected chi connectivity index (χ2v) is 3.45. The molecule has 1 unspecified atom stereocenters. The zero-order valence-electron chi connectivity index (χ0n) is 7.30. The Morgan fingerprint density at radius 1 is 1.58 bits per heavy atom. The third kappa shape index (κ3) is 1.18. The van der Waals surface area contributed by atoms with E-state index in [1.54, 1.807) is 0 Å². The van der Waals surface area contributed by atoms with E-state index in [4.69, 9.17) is 5.73 Å². The molecule has 0 radical (unpaired) electrons. The first-order valence-corrected chi connectivity index (χ1v) is 4.38. The number of hydrogen-bond donors (Lipinski definition) is 2. The molecular weight excluding hydrogens is 148 g/mol. The van der Waals surface area contributed by atoms with Gasteiger partial charge in [-0.2, -0.15) is 0 Å². The molecular formula is C10H14N2. The van der Waals surface area contributed by atoms with E-state index in [1.165, 1.54) is 16.8 Å². The van der Waals surface area contributed by atoms with Crippen molar-refractivity contribution in [3.8, 4) is 0 Å². The highest BCUT2D eigenvalue weighted by atomic mass is 14.9. The molecule has 0 amide bonds. The molecule has 0 saturated carbocycles. The standard InChI is InChI=1S/C10H14N2/c1-7-4-9-5-8(6-11)2-3-10(9)12-7/h2-3,5,7,12H,4,6,11H2,1H3. The fourth-order valence-corrected chi connectivity index (χ4v) is 1.73. The van der Waals surface area contributed by atoms with Crippen LogP contribution in [-0.2, 0) is 13.0 Å². The summed E-state index contributed by atoms with van der Waals surface area (Å²) in [6.45, 7) is 2.84. The van der Waals surface area contributed by atoms with Crippen molar-refractivity contribution in [2.45, 2.75) is 25.9 Å². The predicted octanol–water partition coefficient (Wildman–Crippen LogP) is 1.50. The summed E-state index contributed by atoms with van der Waals surface area (Å²) in [7, 11) is 0. The molecule has 1 aromatic rings. The Kier molecular flexibility index (Phi) is 1.77. The van der Waals surface area contributed by atoms with Crippen LogP contribution in [0.25, 0.3) is 0 Å². The van der Waals surface area contributed by atoms with Gasteiger partial charge in [-0.3, -0.25) is 0 Å². The van der Waals surface area contributed by atoms with Gasteiger partial charge in [0.05, 0.1) is 0 Å². The first-order valence-electron chi connectivity index (χ1n) is 4.38. The fraction of sp³-hybridized carbons (Fsp3) is 0.400. The van der Waals surface area contributed by atoms with Gasteiger partial charge in [0.2, 0.25) is 0 Å². The van der Waals surface area contributed by atoms with E-state index in [-0.39, 0.29) is 0 Å². The Morgan fingerprint density at radius 2 is 2.42 bits per heavy atom. The average Bonchev–Trinajstić information content (AvgIpc) is 2.43. The minimum atomic E-state index is 0.577. The lowest BCUT2D eigenvalue weighted by atomic mass is 10.1. The molecule has 0 fully saturated rings. The van der Waals surface area contributed by atoms with Crippen LogP contribution in [0.5, 0.6) is 0 Å². The quantitative estimate of drug-likeness (QED) is 0.656. The van der Waals surface area contributed by atoms with Crippen molar-refractivity contribution in [3.63, 3.8) is 0 Å². The van der Waals surface area contributed by atoms with Crippen molar-refractivity contribution in [1.82, 2.24) is 0 Å². The van der Waals surface area contributed by atoms with Crippen molar-refractivity contribution < 1.29 is 0 Å². The first-order chi connectivity index (χ1) is 5.79. The van der Waals surface area contributed by atoms with Gasteiger partial charge in [-0.25, -0.2) is 0 Å². The molecule has 0 aliphatic carbocycles. The Balaban J connectivity index is 2.35. The molecule has 3 N–H and O–H groups in total. The van der Waals surface area contributed by atoms with Crippen molar-refractivity contribution in [2.24, 2.45) is 5.73 Å². The molecule has 12 heavy (non-hydrogen) atoms. The van der Waals surface area contributed by atoms with E-state index in [2.05, 4.69) is 30.4 Å². The van der Waals surface area contributed by atoms with Gasteiger partial charge in [0.15, 0.2) is 0 Å². The molecule has 1 aromatic carbocycles. The maximum absolute atomic E-state index is 5.56. The maximum atomic E-state index is 5.56. The monoisotopic (exact) mass is 162 g/mol. The number of benzene rings is 1. The Labute approximate surface area is 72.8 Å². The highest BCUT2D eigenvalue weighted by Gasteiger charge is 2.15. The maximum Gasteiger partial charge on any atom is 0.0375 e. The van der Waals surface area contributed by atoms with E-state index >= 15 is 0 Å². The largest absolute Gasteiger partial charge is 0.382 e. The van der Waals surface area contributed by atoms with E-state index in [1.807, 2.05) is 0 Å². The number of nitrogens with two attached hydrogens (primary N) is 1. The second kappa shape index (κ2) is 2.79. The summed E-state index contributed by atoms with van der Waals surface area (Å²) in [5, 5.41) is 3.41. The summed E-state index contributed by atoms with van der Waals surface area (Å²) < 4.78 is 0. The predicted molar refractivity (Wildman–Crippen MR) is 51.1 cm³/mol. The molecule has 0 saturated heterocycles. The molecule has 64 valence electrons. The lowest BCUT2D eigenvalue weighted by Crippen LogP contribution is -2.08. The van der Waals surface area contributed by atoms with Gasteiger partial charge in [0.1, 0.15) is 0 Å². The summed E-state index contributed by atoms with van der Waals surface area (Å²) >= 11 is 0. The van der Waals surface area contributed by atoms with Gasteiger partial charge in [-0.05, 0) is 30.5 Å². The van der Waals surface area contributed by atoms with Gasteiger partial charge in [-0.15, -0.1) is 0 Å². The zero-order valence-corrected chi connectivity index (χ0v) is 7.30. The molecule has 2 rings (SSSR count). The van der Waals surface area contributed by atoms with Crippen molar-refractivity contribution in [3.05, 3.63) is 29.3 Å².